The predicted molar refractivity (Wildman–Crippen MR) is 45.6 cm³/mol. The number of alkyl halides is 10. The second kappa shape index (κ2) is 6.32. The molecule has 0 saturated carbocycles. The zero-order chi connectivity index (χ0) is 18.0. The largest absolute Gasteiger partial charge is 0.465 e. The summed E-state index contributed by atoms with van der Waals surface area (Å²) >= 11 is 0. The van der Waals surface area contributed by atoms with E-state index >= 15 is 0 Å². The van der Waals surface area contributed by atoms with Gasteiger partial charge in [0.1, 0.15) is 8.52 Å². The first-order valence-electron chi connectivity index (χ1n) is 4.35. The third-order valence-corrected chi connectivity index (χ3v) is 1.71. The minimum absolute atomic E-state index is 1.04. The van der Waals surface area contributed by atoms with Gasteiger partial charge in [0, 0.05) is 0 Å². The van der Waals surface area contributed by atoms with Crippen molar-refractivity contribution in [3.05, 3.63) is 0 Å². The smallest absolute Gasteiger partial charge is 0.384 e. The van der Waals surface area contributed by atoms with E-state index in [1.807, 2.05) is 0 Å². The first-order chi connectivity index (χ1) is 9.55. The van der Waals surface area contributed by atoms with Gasteiger partial charge in [-0.15, -0.1) is 5.20 Å². The fourth-order valence-electron chi connectivity index (χ4n) is 0.444. The molecule has 0 atom stereocenters. The third-order valence-electron chi connectivity index (χ3n) is 1.51. The molecule has 0 unspecified atom stereocenters. The lowest BCUT2D eigenvalue weighted by Crippen LogP contribution is -2.51. The Morgan fingerprint density at radius 3 is 1.14 bits per heavy atom. The highest BCUT2D eigenvalue weighted by molar-refractivity contribution is 7.29. The van der Waals surface area contributed by atoms with Crippen LogP contribution in [0.3, 0.4) is 0 Å². The molecule has 0 bridgehead atoms. The molecule has 0 aromatic heterocycles. The van der Waals surface area contributed by atoms with E-state index in [0.29, 0.717) is 0 Å². The van der Waals surface area contributed by atoms with Crippen molar-refractivity contribution < 1.29 is 58.2 Å². The van der Waals surface area contributed by atoms with Crippen LogP contribution in [0.4, 0.5) is 43.9 Å². The average Bonchev–Trinajstić information content (AvgIpc) is 3.12. The Kier molecular flexibility index (Phi) is 5.89. The highest BCUT2D eigenvalue weighted by Crippen LogP contribution is 2.39. The van der Waals surface area contributed by atoms with E-state index < -0.39 is 36.1 Å². The Labute approximate surface area is 114 Å². The number of carbonyl (C=O) groups excluding carboxylic acids is 2. The van der Waals surface area contributed by atoms with Crippen molar-refractivity contribution in [1.29, 1.82) is 0 Å². The molecule has 1 aliphatic heterocycles. The van der Waals surface area contributed by atoms with Crippen molar-refractivity contribution in [2.45, 2.75) is 24.2 Å². The second-order valence-electron chi connectivity index (χ2n) is 3.12. The summed E-state index contributed by atoms with van der Waals surface area (Å²) in [6.07, 6.45) is -13.3. The molecule has 0 radical (unpaired) electrons. The Morgan fingerprint density at radius 1 is 0.773 bits per heavy atom. The molecule has 0 fully saturated rings. The van der Waals surface area contributed by atoms with Crippen LogP contribution in [0.25, 0.3) is 0 Å². The fraction of sp³-hybridized carbons (Fsp3) is 0.667. The van der Waals surface area contributed by atoms with Gasteiger partial charge in [-0.3, -0.25) is 0 Å². The van der Waals surface area contributed by atoms with Crippen LogP contribution in [0.1, 0.15) is 0 Å². The van der Waals surface area contributed by atoms with Crippen LogP contribution < -0.4 is 5.20 Å². The van der Waals surface area contributed by atoms with E-state index in [4.69, 9.17) is 0 Å². The molecule has 1 heterocycles. The van der Waals surface area contributed by atoms with Gasteiger partial charge in [-0.1, -0.05) is 0 Å². The minimum Gasteiger partial charge on any atom is -0.384 e. The molecule has 22 heavy (non-hydrogen) atoms. The van der Waals surface area contributed by atoms with Gasteiger partial charge < -0.3 is 4.74 Å². The average molecular weight is 370 g/mol. The lowest BCUT2D eigenvalue weighted by Gasteiger charge is -2.20. The normalized spacial score (nSPS) is 15.5. The van der Waals surface area contributed by atoms with E-state index in [0.717, 1.165) is 8.52 Å². The molecule has 1 aliphatic rings. The highest BCUT2D eigenvalue weighted by Gasteiger charge is 2.69. The van der Waals surface area contributed by atoms with Gasteiger partial charge in [0.15, 0.2) is 0 Å². The van der Waals surface area contributed by atoms with Crippen molar-refractivity contribution >= 4 is 20.5 Å². The van der Waals surface area contributed by atoms with Crippen molar-refractivity contribution in [3.8, 4) is 0 Å². The molecule has 0 spiro atoms. The third kappa shape index (κ3) is 5.05. The zero-order valence-electron chi connectivity index (χ0n) is 9.40. The molecule has 5 nitrogen and oxygen atoms in total. The summed E-state index contributed by atoms with van der Waals surface area (Å²) in [5.41, 5.74) is 0. The van der Waals surface area contributed by atoms with Crippen LogP contribution in [0.2, 0.25) is 0 Å². The van der Waals surface area contributed by atoms with E-state index in [9.17, 15) is 53.5 Å². The maximum atomic E-state index is 12.1. The summed E-state index contributed by atoms with van der Waals surface area (Å²) in [4.78, 5) is 23.6. The number of hydrogen-bond acceptors (Lipinski definition) is 5. The fourth-order valence-corrected chi connectivity index (χ4v) is 0.444. The summed E-state index contributed by atoms with van der Waals surface area (Å²) in [5, 5.41) is 2.60. The molecule has 0 aromatic rings. The number of rotatable bonds is 2. The molecule has 0 saturated heterocycles. The number of nitrogens with one attached hydrogen (secondary N) is 1. The molecule has 16 heteroatoms. The summed E-state index contributed by atoms with van der Waals surface area (Å²) in [6, 6.07) is 0. The van der Waals surface area contributed by atoms with Crippen molar-refractivity contribution in [2.24, 2.45) is 4.85 Å². The molecule has 1 rings (SSSR count). The Morgan fingerprint density at radius 2 is 1.00 bits per heavy atom. The summed E-state index contributed by atoms with van der Waals surface area (Å²) in [5.74, 6) is -20.6. The number of carbonyl (C=O) groups is 2. The maximum Gasteiger partial charge on any atom is 0.465 e. The van der Waals surface area contributed by atoms with Gasteiger partial charge in [-0.2, -0.15) is 48.8 Å². The number of hydrogen-bond donors (Lipinski definition) is 1. The van der Waals surface area contributed by atoms with Crippen molar-refractivity contribution in [2.75, 3.05) is 0 Å². The van der Waals surface area contributed by atoms with Gasteiger partial charge in [-0.25, -0.2) is 9.59 Å². The van der Waals surface area contributed by atoms with Gasteiger partial charge in [0.05, 0.1) is 0 Å². The van der Waals surface area contributed by atoms with E-state index in [2.05, 4.69) is 14.8 Å². The SMILES string of the molecule is N1=PN1.O=C(OC(=O)C(F)(F)C(F)(F)F)C(F)(F)C(F)(F)F. The molecule has 0 amide bonds. The summed E-state index contributed by atoms with van der Waals surface area (Å²) in [6.45, 7) is 0. The standard InChI is InChI=1S/C6F10O3.HN2P/c7-3(8,5(11,12)13)1(17)19-2(18)4(9,10)6(14,15)16;1-2-3-1/h;(H,1,2). The van der Waals surface area contributed by atoms with E-state index in [1.54, 1.807) is 0 Å². The van der Waals surface area contributed by atoms with Crippen LogP contribution in [0.15, 0.2) is 4.85 Å². The number of halogens is 10. The Balaban J connectivity index is 0.00000129. The van der Waals surface area contributed by atoms with Crippen LogP contribution in [0, 0.1) is 0 Å². The van der Waals surface area contributed by atoms with E-state index in [-0.39, 0.29) is 0 Å². The summed E-state index contributed by atoms with van der Waals surface area (Å²) in [7, 11) is 1.04. The molecule has 1 N–H and O–H groups in total. The maximum absolute atomic E-state index is 12.1. The van der Waals surface area contributed by atoms with Gasteiger partial charge in [0.2, 0.25) is 0 Å². The van der Waals surface area contributed by atoms with Crippen molar-refractivity contribution in [3.63, 3.8) is 0 Å². The minimum atomic E-state index is -6.63. The second-order valence-corrected chi connectivity index (χ2v) is 3.72. The van der Waals surface area contributed by atoms with Crippen LogP contribution in [-0.2, 0) is 14.3 Å². The molecular weight excluding hydrogens is 369 g/mol. The van der Waals surface area contributed by atoms with Gasteiger partial charge >= 0.3 is 36.1 Å². The molecule has 0 aliphatic carbocycles. The quantitative estimate of drug-likeness (QED) is 0.351. The summed E-state index contributed by atoms with van der Waals surface area (Å²) < 4.78 is 120. The lowest BCUT2D eigenvalue weighted by molar-refractivity contribution is -0.292. The van der Waals surface area contributed by atoms with Gasteiger partial charge in [-0.05, 0) is 0 Å². The van der Waals surface area contributed by atoms with E-state index in [1.165, 1.54) is 0 Å². The monoisotopic (exact) mass is 370 g/mol. The topological polar surface area (TPSA) is 77.7 Å². The van der Waals surface area contributed by atoms with Gasteiger partial charge in [0.25, 0.3) is 0 Å². The molecule has 0 aromatic carbocycles. The molecular formula is C6HF10N2O3P. The zero-order valence-corrected chi connectivity index (χ0v) is 10.3. The predicted octanol–water partition coefficient (Wildman–Crippen LogP) is 3.00. The first kappa shape index (κ1) is 20.5. The number of nitrogens with zero attached hydrogens (tertiary/aromatic N) is 1. The number of esters is 2. The lowest BCUT2D eigenvalue weighted by atomic mass is 10.3. The first-order valence-corrected chi connectivity index (χ1v) is 5.20. The van der Waals surface area contributed by atoms with Crippen molar-refractivity contribution in [1.82, 2.24) is 5.20 Å². The highest BCUT2D eigenvalue weighted by atomic mass is 31.1. The Hall–Kier alpha value is -1.50. The van der Waals surface area contributed by atoms with Crippen LogP contribution in [-0.4, -0.2) is 36.1 Å². The Bertz CT molecular complexity index is 430. The molecule has 128 valence electrons. The van der Waals surface area contributed by atoms with Crippen LogP contribution >= 0.6 is 8.52 Å². The van der Waals surface area contributed by atoms with Crippen LogP contribution in [0.5, 0.6) is 0 Å². The number of ether oxygens (including phenoxy) is 1.